The number of hydrogen-bond acceptors (Lipinski definition) is 5. The molecule has 0 spiro atoms. The first-order chi connectivity index (χ1) is 13.2. The zero-order valence-corrected chi connectivity index (χ0v) is 16.1. The molecular weight excluding hydrogens is 356 g/mol. The topological polar surface area (TPSA) is 58.1 Å². The Balaban J connectivity index is 1.33. The minimum atomic E-state index is -0.111. The molecule has 0 atom stereocenters. The van der Waals surface area contributed by atoms with Crippen molar-refractivity contribution in [1.82, 2.24) is 20.2 Å². The summed E-state index contributed by atoms with van der Waals surface area (Å²) in [5.41, 5.74) is 3.61. The Morgan fingerprint density at radius 1 is 1.26 bits per heavy atom. The lowest BCUT2D eigenvalue weighted by Gasteiger charge is -2.26. The van der Waals surface area contributed by atoms with Crippen molar-refractivity contribution < 1.29 is 4.79 Å². The molecule has 3 aromatic rings. The van der Waals surface area contributed by atoms with E-state index in [-0.39, 0.29) is 5.91 Å². The summed E-state index contributed by atoms with van der Waals surface area (Å²) in [4.78, 5) is 25.3. The number of rotatable bonds is 5. The minimum Gasteiger partial charge on any atom is -0.351 e. The summed E-state index contributed by atoms with van der Waals surface area (Å²) in [6, 6.07) is 12.0. The van der Waals surface area contributed by atoms with Crippen LogP contribution in [0, 0.1) is 6.92 Å². The van der Waals surface area contributed by atoms with Crippen LogP contribution < -0.4 is 5.32 Å². The molecule has 6 heteroatoms. The zero-order valence-electron chi connectivity index (χ0n) is 15.3. The normalized spacial score (nSPS) is 14.0. The van der Waals surface area contributed by atoms with Gasteiger partial charge in [-0.15, -0.1) is 11.3 Å². The Morgan fingerprint density at radius 3 is 2.93 bits per heavy atom. The first kappa shape index (κ1) is 17.8. The van der Waals surface area contributed by atoms with Gasteiger partial charge in [-0.3, -0.25) is 9.69 Å². The molecule has 0 fully saturated rings. The molecule has 1 aromatic carbocycles. The maximum atomic E-state index is 12.5. The first-order valence-electron chi connectivity index (χ1n) is 9.15. The Hall–Kier alpha value is -2.57. The van der Waals surface area contributed by atoms with E-state index in [0.717, 1.165) is 31.6 Å². The highest BCUT2D eigenvalue weighted by Crippen LogP contribution is 2.23. The Labute approximate surface area is 163 Å². The molecule has 1 aliphatic heterocycles. The van der Waals surface area contributed by atoms with Gasteiger partial charge in [0.1, 0.15) is 0 Å². The summed E-state index contributed by atoms with van der Waals surface area (Å²) in [7, 11) is 0. The van der Waals surface area contributed by atoms with Crippen molar-refractivity contribution in [2.45, 2.75) is 19.9 Å². The van der Waals surface area contributed by atoms with Crippen molar-refractivity contribution in [3.8, 4) is 11.4 Å². The fraction of sp³-hybridized carbons (Fsp3) is 0.286. The third kappa shape index (κ3) is 4.07. The van der Waals surface area contributed by atoms with Gasteiger partial charge in [-0.05, 0) is 30.4 Å². The maximum absolute atomic E-state index is 12.5. The summed E-state index contributed by atoms with van der Waals surface area (Å²) in [6.45, 7) is 5.35. The summed E-state index contributed by atoms with van der Waals surface area (Å²) in [5.74, 6) is 0.532. The molecule has 0 radical (unpaired) electrons. The molecule has 0 aliphatic carbocycles. The van der Waals surface area contributed by atoms with E-state index in [0.29, 0.717) is 23.6 Å². The fourth-order valence-electron chi connectivity index (χ4n) is 3.34. The molecule has 5 nitrogen and oxygen atoms in total. The molecule has 0 saturated heterocycles. The van der Waals surface area contributed by atoms with E-state index in [2.05, 4.69) is 31.6 Å². The highest BCUT2D eigenvalue weighted by atomic mass is 32.1. The van der Waals surface area contributed by atoms with Gasteiger partial charge in [0.25, 0.3) is 5.91 Å². The van der Waals surface area contributed by atoms with Crippen molar-refractivity contribution in [2.75, 3.05) is 19.6 Å². The van der Waals surface area contributed by atoms with Gasteiger partial charge in [0.15, 0.2) is 5.82 Å². The van der Waals surface area contributed by atoms with Crippen molar-refractivity contribution in [3.05, 3.63) is 69.7 Å². The highest BCUT2D eigenvalue weighted by molar-refractivity contribution is 7.10. The summed E-state index contributed by atoms with van der Waals surface area (Å²) >= 11 is 1.84. The van der Waals surface area contributed by atoms with Crippen molar-refractivity contribution in [1.29, 1.82) is 0 Å². The second kappa shape index (κ2) is 7.98. The van der Waals surface area contributed by atoms with Gasteiger partial charge in [0, 0.05) is 42.8 Å². The number of nitrogens with one attached hydrogen (secondary N) is 1. The highest BCUT2D eigenvalue weighted by Gasteiger charge is 2.17. The van der Waals surface area contributed by atoms with Gasteiger partial charge >= 0.3 is 0 Å². The lowest BCUT2D eigenvalue weighted by Crippen LogP contribution is -2.37. The number of amides is 1. The van der Waals surface area contributed by atoms with Crippen LogP contribution in [-0.2, 0) is 13.0 Å². The number of benzene rings is 1. The van der Waals surface area contributed by atoms with Crippen LogP contribution in [0.5, 0.6) is 0 Å². The predicted molar refractivity (Wildman–Crippen MR) is 108 cm³/mol. The molecule has 2 aromatic heterocycles. The number of thiophene rings is 1. The van der Waals surface area contributed by atoms with Gasteiger partial charge in [-0.25, -0.2) is 9.97 Å². The van der Waals surface area contributed by atoms with Crippen LogP contribution in [0.4, 0.5) is 0 Å². The number of hydrogen-bond donors (Lipinski definition) is 1. The number of aromatic nitrogens is 2. The van der Waals surface area contributed by atoms with Crippen LogP contribution in [0.2, 0.25) is 0 Å². The number of carbonyl (C=O) groups is 1. The van der Waals surface area contributed by atoms with Crippen LogP contribution >= 0.6 is 11.3 Å². The Morgan fingerprint density at radius 2 is 2.11 bits per heavy atom. The van der Waals surface area contributed by atoms with Crippen molar-refractivity contribution in [2.24, 2.45) is 0 Å². The number of fused-ring (bicyclic) bond motifs is 1. The summed E-state index contributed by atoms with van der Waals surface area (Å²) < 4.78 is 0. The zero-order chi connectivity index (χ0) is 18.6. The number of aryl methyl sites for hydroxylation is 1. The Kier molecular flexibility index (Phi) is 5.27. The van der Waals surface area contributed by atoms with Gasteiger partial charge in [0.2, 0.25) is 0 Å². The van der Waals surface area contributed by atoms with Crippen molar-refractivity contribution >= 4 is 17.2 Å². The molecular formula is C21H22N4OS. The van der Waals surface area contributed by atoms with E-state index >= 15 is 0 Å². The van der Waals surface area contributed by atoms with Crippen LogP contribution in [0.15, 0.2) is 48.0 Å². The molecule has 1 N–H and O–H groups in total. The van der Waals surface area contributed by atoms with E-state index in [4.69, 9.17) is 0 Å². The summed E-state index contributed by atoms with van der Waals surface area (Å²) in [6.07, 6.45) is 2.73. The molecule has 1 aliphatic rings. The van der Waals surface area contributed by atoms with E-state index in [1.165, 1.54) is 10.4 Å². The third-order valence-corrected chi connectivity index (χ3v) is 5.88. The largest absolute Gasteiger partial charge is 0.351 e. The molecule has 4 rings (SSSR count). The van der Waals surface area contributed by atoms with Crippen LogP contribution in [0.25, 0.3) is 11.4 Å². The molecule has 0 bridgehead atoms. The first-order valence-corrected chi connectivity index (χ1v) is 10.0. The van der Waals surface area contributed by atoms with Gasteiger partial charge in [0.05, 0.1) is 11.3 Å². The lowest BCUT2D eigenvalue weighted by molar-refractivity contribution is 0.0946. The molecule has 0 unspecified atom stereocenters. The van der Waals surface area contributed by atoms with Crippen LogP contribution in [-0.4, -0.2) is 40.4 Å². The number of carbonyl (C=O) groups excluding carboxylic acids is 1. The quantitative estimate of drug-likeness (QED) is 0.740. The third-order valence-electron chi connectivity index (χ3n) is 4.86. The molecule has 0 saturated carbocycles. The van der Waals surface area contributed by atoms with E-state index < -0.39 is 0 Å². The maximum Gasteiger partial charge on any atom is 0.254 e. The second-order valence-corrected chi connectivity index (χ2v) is 7.71. The lowest BCUT2D eigenvalue weighted by atomic mass is 10.1. The average molecular weight is 379 g/mol. The van der Waals surface area contributed by atoms with E-state index in [9.17, 15) is 4.79 Å². The second-order valence-electron chi connectivity index (χ2n) is 6.71. The standard InChI is InChI=1S/C21H22N4OS/c1-15-18(13-23-20(24-15)16-5-3-2-4-6-16)21(26)22-9-11-25-10-7-19-17(14-25)8-12-27-19/h2-6,8,12-13H,7,9-11,14H2,1H3,(H,22,26). The summed E-state index contributed by atoms with van der Waals surface area (Å²) in [5, 5.41) is 5.17. The predicted octanol–water partition coefficient (Wildman–Crippen LogP) is 3.30. The van der Waals surface area contributed by atoms with Gasteiger partial charge in [-0.1, -0.05) is 30.3 Å². The number of nitrogens with zero attached hydrogens (tertiary/aromatic N) is 3. The van der Waals surface area contributed by atoms with Crippen LogP contribution in [0.1, 0.15) is 26.5 Å². The van der Waals surface area contributed by atoms with Crippen LogP contribution in [0.3, 0.4) is 0 Å². The van der Waals surface area contributed by atoms with Gasteiger partial charge in [-0.2, -0.15) is 0 Å². The van der Waals surface area contributed by atoms with Crippen molar-refractivity contribution in [3.63, 3.8) is 0 Å². The monoisotopic (exact) mass is 378 g/mol. The fourth-order valence-corrected chi connectivity index (χ4v) is 4.23. The van der Waals surface area contributed by atoms with E-state index in [1.807, 2.05) is 48.6 Å². The van der Waals surface area contributed by atoms with E-state index in [1.54, 1.807) is 6.20 Å². The minimum absolute atomic E-state index is 0.111. The molecule has 138 valence electrons. The van der Waals surface area contributed by atoms with Gasteiger partial charge < -0.3 is 5.32 Å². The molecule has 3 heterocycles. The molecule has 27 heavy (non-hydrogen) atoms. The Bertz CT molecular complexity index is 938. The SMILES string of the molecule is Cc1nc(-c2ccccc2)ncc1C(=O)NCCN1CCc2sccc2C1. The molecule has 1 amide bonds. The average Bonchev–Trinajstić information content (AvgIpc) is 3.16. The smallest absolute Gasteiger partial charge is 0.254 e.